The number of hydrogen-bond donors (Lipinski definition) is 1. The van der Waals surface area contributed by atoms with Gasteiger partial charge in [0.15, 0.2) is 0 Å². The number of benzene rings is 1. The Labute approximate surface area is 125 Å². The molecule has 1 saturated heterocycles. The SMILES string of the molecule is CC(CN1CCOCC1)NC(C)c1ccc([N+](=O)[O-])cc1. The molecular weight excluding hydrogens is 270 g/mol. The van der Waals surface area contributed by atoms with E-state index in [0.29, 0.717) is 6.04 Å². The van der Waals surface area contributed by atoms with Crippen LogP contribution in [0.25, 0.3) is 0 Å². The van der Waals surface area contributed by atoms with Gasteiger partial charge in [0.25, 0.3) is 5.69 Å². The molecule has 0 aliphatic carbocycles. The second kappa shape index (κ2) is 7.49. The van der Waals surface area contributed by atoms with Crippen molar-refractivity contribution in [2.75, 3.05) is 32.8 Å². The molecule has 0 aromatic heterocycles. The molecule has 1 fully saturated rings. The number of nitro groups is 1. The maximum absolute atomic E-state index is 10.7. The van der Waals surface area contributed by atoms with Crippen molar-refractivity contribution in [1.82, 2.24) is 10.2 Å². The van der Waals surface area contributed by atoms with Gasteiger partial charge in [-0.2, -0.15) is 0 Å². The molecule has 1 N–H and O–H groups in total. The van der Waals surface area contributed by atoms with E-state index >= 15 is 0 Å². The van der Waals surface area contributed by atoms with Gasteiger partial charge < -0.3 is 10.1 Å². The summed E-state index contributed by atoms with van der Waals surface area (Å²) in [6.45, 7) is 8.82. The minimum Gasteiger partial charge on any atom is -0.379 e. The van der Waals surface area contributed by atoms with Gasteiger partial charge in [-0.1, -0.05) is 12.1 Å². The van der Waals surface area contributed by atoms with Crippen molar-refractivity contribution in [2.24, 2.45) is 0 Å². The van der Waals surface area contributed by atoms with Gasteiger partial charge >= 0.3 is 0 Å². The van der Waals surface area contributed by atoms with Gasteiger partial charge in [-0.25, -0.2) is 0 Å². The van der Waals surface area contributed by atoms with Gasteiger partial charge in [0.05, 0.1) is 18.1 Å². The lowest BCUT2D eigenvalue weighted by molar-refractivity contribution is -0.384. The van der Waals surface area contributed by atoms with Crippen LogP contribution in [0.2, 0.25) is 0 Å². The highest BCUT2D eigenvalue weighted by Gasteiger charge is 2.16. The number of nitro benzene ring substituents is 1. The smallest absolute Gasteiger partial charge is 0.269 e. The molecule has 6 nitrogen and oxygen atoms in total. The maximum atomic E-state index is 10.7. The first kappa shape index (κ1) is 15.9. The van der Waals surface area contributed by atoms with Gasteiger partial charge in [-0.15, -0.1) is 0 Å². The zero-order valence-electron chi connectivity index (χ0n) is 12.6. The number of hydrogen-bond acceptors (Lipinski definition) is 5. The highest BCUT2D eigenvalue weighted by atomic mass is 16.6. The number of rotatable bonds is 6. The van der Waals surface area contributed by atoms with E-state index in [2.05, 4.69) is 24.1 Å². The van der Waals surface area contributed by atoms with Gasteiger partial charge in [0.2, 0.25) is 0 Å². The minimum absolute atomic E-state index is 0.132. The molecule has 1 aromatic rings. The first-order chi connectivity index (χ1) is 10.1. The second-order valence-corrected chi connectivity index (χ2v) is 5.55. The van der Waals surface area contributed by atoms with Crippen molar-refractivity contribution >= 4 is 5.69 Å². The molecule has 1 heterocycles. The molecule has 0 spiro atoms. The Morgan fingerprint density at radius 1 is 1.29 bits per heavy atom. The van der Waals surface area contributed by atoms with Crippen LogP contribution in [0.1, 0.15) is 25.5 Å². The molecule has 1 aliphatic rings. The van der Waals surface area contributed by atoms with E-state index in [1.807, 2.05) is 12.1 Å². The fourth-order valence-electron chi connectivity index (χ4n) is 2.63. The van der Waals surface area contributed by atoms with E-state index in [1.54, 1.807) is 12.1 Å². The zero-order chi connectivity index (χ0) is 15.2. The summed E-state index contributed by atoms with van der Waals surface area (Å²) in [7, 11) is 0. The molecule has 2 atom stereocenters. The summed E-state index contributed by atoms with van der Waals surface area (Å²) in [5.41, 5.74) is 1.20. The third-order valence-corrected chi connectivity index (χ3v) is 3.77. The van der Waals surface area contributed by atoms with Gasteiger partial charge in [0.1, 0.15) is 0 Å². The van der Waals surface area contributed by atoms with Crippen LogP contribution in [0.4, 0.5) is 5.69 Å². The lowest BCUT2D eigenvalue weighted by atomic mass is 10.1. The quantitative estimate of drug-likeness (QED) is 0.641. The maximum Gasteiger partial charge on any atom is 0.269 e. The summed E-state index contributed by atoms with van der Waals surface area (Å²) in [5.74, 6) is 0. The molecule has 6 heteroatoms. The average Bonchev–Trinajstić information content (AvgIpc) is 2.48. The van der Waals surface area contributed by atoms with Crippen molar-refractivity contribution in [1.29, 1.82) is 0 Å². The third kappa shape index (κ3) is 4.77. The zero-order valence-corrected chi connectivity index (χ0v) is 12.6. The number of ether oxygens (including phenoxy) is 1. The Morgan fingerprint density at radius 2 is 1.90 bits per heavy atom. The molecule has 0 saturated carbocycles. The predicted molar refractivity (Wildman–Crippen MR) is 81.4 cm³/mol. The van der Waals surface area contributed by atoms with Crippen LogP contribution in [-0.4, -0.2) is 48.7 Å². The molecule has 0 radical (unpaired) electrons. The minimum atomic E-state index is -0.372. The summed E-state index contributed by atoms with van der Waals surface area (Å²) in [5, 5.41) is 14.2. The normalized spacial score (nSPS) is 19.1. The van der Waals surface area contributed by atoms with Gasteiger partial charge in [-0.3, -0.25) is 15.0 Å². The Hall–Kier alpha value is -1.50. The van der Waals surface area contributed by atoms with Crippen LogP contribution in [0.15, 0.2) is 24.3 Å². The molecule has 2 unspecified atom stereocenters. The highest BCUT2D eigenvalue weighted by Crippen LogP contribution is 2.18. The molecular formula is C15H23N3O3. The van der Waals surface area contributed by atoms with Crippen LogP contribution in [0.3, 0.4) is 0 Å². The van der Waals surface area contributed by atoms with Crippen LogP contribution in [0, 0.1) is 10.1 Å². The van der Waals surface area contributed by atoms with Crippen LogP contribution < -0.4 is 5.32 Å². The first-order valence-corrected chi connectivity index (χ1v) is 7.37. The Bertz CT molecular complexity index is 458. The molecule has 1 aliphatic heterocycles. The van der Waals surface area contributed by atoms with Crippen molar-refractivity contribution in [3.8, 4) is 0 Å². The largest absolute Gasteiger partial charge is 0.379 e. The number of morpholine rings is 1. The van der Waals surface area contributed by atoms with Crippen molar-refractivity contribution in [3.63, 3.8) is 0 Å². The lowest BCUT2D eigenvalue weighted by Crippen LogP contribution is -2.44. The summed E-state index contributed by atoms with van der Waals surface area (Å²) in [6.07, 6.45) is 0. The van der Waals surface area contributed by atoms with Crippen molar-refractivity contribution in [3.05, 3.63) is 39.9 Å². The molecule has 1 aromatic carbocycles. The molecule has 21 heavy (non-hydrogen) atoms. The third-order valence-electron chi connectivity index (χ3n) is 3.77. The second-order valence-electron chi connectivity index (χ2n) is 5.55. The van der Waals surface area contributed by atoms with Crippen LogP contribution in [-0.2, 0) is 4.74 Å². The lowest BCUT2D eigenvalue weighted by Gasteiger charge is -2.30. The molecule has 2 rings (SSSR count). The van der Waals surface area contributed by atoms with E-state index < -0.39 is 0 Å². The Balaban J connectivity index is 1.84. The molecule has 0 amide bonds. The summed E-state index contributed by atoms with van der Waals surface area (Å²) in [4.78, 5) is 12.7. The summed E-state index contributed by atoms with van der Waals surface area (Å²) in [6, 6.07) is 7.27. The summed E-state index contributed by atoms with van der Waals surface area (Å²) >= 11 is 0. The van der Waals surface area contributed by atoms with Crippen molar-refractivity contribution < 1.29 is 9.66 Å². The standard InChI is InChI=1S/C15H23N3O3/c1-12(11-17-7-9-21-10-8-17)16-13(2)14-3-5-15(6-4-14)18(19)20/h3-6,12-13,16H,7-11H2,1-2H3. The van der Waals surface area contributed by atoms with E-state index in [9.17, 15) is 10.1 Å². The van der Waals surface area contributed by atoms with E-state index in [-0.39, 0.29) is 16.7 Å². The number of nitrogens with zero attached hydrogens (tertiary/aromatic N) is 2. The Morgan fingerprint density at radius 3 is 2.48 bits per heavy atom. The fraction of sp³-hybridized carbons (Fsp3) is 0.600. The van der Waals surface area contributed by atoms with Crippen molar-refractivity contribution in [2.45, 2.75) is 25.9 Å². The first-order valence-electron chi connectivity index (χ1n) is 7.37. The van der Waals surface area contributed by atoms with Crippen LogP contribution >= 0.6 is 0 Å². The van der Waals surface area contributed by atoms with Crippen LogP contribution in [0.5, 0.6) is 0 Å². The Kier molecular flexibility index (Phi) is 5.67. The fourth-order valence-corrected chi connectivity index (χ4v) is 2.63. The predicted octanol–water partition coefficient (Wildman–Crippen LogP) is 1.97. The molecule has 116 valence electrons. The number of non-ortho nitro benzene ring substituents is 1. The van der Waals surface area contributed by atoms with E-state index in [0.717, 1.165) is 38.4 Å². The highest BCUT2D eigenvalue weighted by molar-refractivity contribution is 5.34. The van der Waals surface area contributed by atoms with Gasteiger partial charge in [-0.05, 0) is 19.4 Å². The monoisotopic (exact) mass is 293 g/mol. The average molecular weight is 293 g/mol. The topological polar surface area (TPSA) is 67.6 Å². The summed E-state index contributed by atoms with van der Waals surface area (Å²) < 4.78 is 5.35. The van der Waals surface area contributed by atoms with E-state index in [1.165, 1.54) is 0 Å². The van der Waals surface area contributed by atoms with E-state index in [4.69, 9.17) is 4.74 Å². The van der Waals surface area contributed by atoms with Gasteiger partial charge in [0, 0.05) is 43.9 Å². The molecule has 0 bridgehead atoms. The number of nitrogens with one attached hydrogen (secondary N) is 1.